The van der Waals surface area contributed by atoms with Crippen LogP contribution in [0.4, 0.5) is 4.79 Å². The van der Waals surface area contributed by atoms with E-state index in [1.807, 2.05) is 0 Å². The number of hydrogen-bond acceptors (Lipinski definition) is 3. The van der Waals surface area contributed by atoms with Crippen LogP contribution in [0.25, 0.3) is 0 Å². The fourth-order valence-electron chi connectivity index (χ4n) is 0.534. The summed E-state index contributed by atoms with van der Waals surface area (Å²) in [5.41, 5.74) is 0. The normalized spacial score (nSPS) is 27.1. The first-order valence-electron chi connectivity index (χ1n) is 2.38. The van der Waals surface area contributed by atoms with E-state index < -0.39 is 6.09 Å². The summed E-state index contributed by atoms with van der Waals surface area (Å²) < 4.78 is 4.51. The van der Waals surface area contributed by atoms with Crippen LogP contribution < -0.4 is 5.32 Å². The fraction of sp³-hybridized carbons (Fsp3) is 0.750. The van der Waals surface area contributed by atoms with E-state index in [9.17, 15) is 4.79 Å². The van der Waals surface area contributed by atoms with Crippen LogP contribution in [0.3, 0.4) is 0 Å². The Bertz CT molecular complexity index is 103. The highest BCUT2D eigenvalue weighted by Crippen LogP contribution is 1.96. The van der Waals surface area contributed by atoms with Crippen molar-refractivity contribution >= 4 is 6.09 Å². The predicted molar refractivity (Wildman–Crippen MR) is 25.4 cm³/mol. The standard InChI is InChI=1S/C4H7NO3/c6-2-3-1-5-4(7)8-3/h3,6H,1-2H2,(H,5,7)/t3-/m0/s1. The molecule has 1 heterocycles. The molecule has 1 aliphatic heterocycles. The third-order valence-electron chi connectivity index (χ3n) is 0.951. The lowest BCUT2D eigenvalue weighted by molar-refractivity contribution is 0.0961. The van der Waals surface area contributed by atoms with Gasteiger partial charge in [0.25, 0.3) is 0 Å². The van der Waals surface area contributed by atoms with E-state index in [0.717, 1.165) is 0 Å². The van der Waals surface area contributed by atoms with Crippen LogP contribution in [0.15, 0.2) is 0 Å². The lowest BCUT2D eigenvalue weighted by Gasteiger charge is -1.98. The van der Waals surface area contributed by atoms with Crippen LogP contribution >= 0.6 is 0 Å². The monoisotopic (exact) mass is 117 g/mol. The third kappa shape index (κ3) is 0.894. The Morgan fingerprint density at radius 3 is 3.00 bits per heavy atom. The number of carbonyl (C=O) groups excluding carboxylic acids is 1. The molecule has 0 unspecified atom stereocenters. The van der Waals surface area contributed by atoms with Crippen molar-refractivity contribution in [1.29, 1.82) is 0 Å². The van der Waals surface area contributed by atoms with Crippen molar-refractivity contribution in [3.8, 4) is 0 Å². The van der Waals surface area contributed by atoms with Gasteiger partial charge in [0, 0.05) is 0 Å². The van der Waals surface area contributed by atoms with Gasteiger partial charge in [-0.2, -0.15) is 0 Å². The largest absolute Gasteiger partial charge is 0.442 e. The Hall–Kier alpha value is -0.770. The maximum atomic E-state index is 10.2. The molecule has 46 valence electrons. The minimum atomic E-state index is -0.441. The molecular weight excluding hydrogens is 110 g/mol. The van der Waals surface area contributed by atoms with Crippen molar-refractivity contribution < 1.29 is 14.6 Å². The highest BCUT2D eigenvalue weighted by Gasteiger charge is 2.20. The average molecular weight is 117 g/mol. The van der Waals surface area contributed by atoms with Gasteiger partial charge in [0.05, 0.1) is 13.2 Å². The highest BCUT2D eigenvalue weighted by atomic mass is 16.6. The molecule has 0 saturated carbocycles. The number of hydrogen-bond donors (Lipinski definition) is 2. The average Bonchev–Trinajstić information content (AvgIpc) is 2.14. The second kappa shape index (κ2) is 2.00. The van der Waals surface area contributed by atoms with E-state index in [2.05, 4.69) is 10.1 Å². The van der Waals surface area contributed by atoms with Crippen molar-refractivity contribution in [3.05, 3.63) is 0 Å². The fourth-order valence-corrected chi connectivity index (χ4v) is 0.534. The van der Waals surface area contributed by atoms with Gasteiger partial charge in [-0.3, -0.25) is 0 Å². The molecule has 1 aliphatic rings. The van der Waals surface area contributed by atoms with Crippen LogP contribution in [0.1, 0.15) is 0 Å². The summed E-state index contributed by atoms with van der Waals surface area (Å²) in [6.45, 7) is 0.327. The van der Waals surface area contributed by atoms with Crippen LogP contribution in [-0.2, 0) is 4.74 Å². The summed E-state index contributed by atoms with van der Waals surface area (Å²) in [6, 6.07) is 0. The third-order valence-corrected chi connectivity index (χ3v) is 0.951. The van der Waals surface area contributed by atoms with Gasteiger partial charge in [0.2, 0.25) is 0 Å². The van der Waals surface area contributed by atoms with Crippen molar-refractivity contribution in [3.63, 3.8) is 0 Å². The molecule has 0 aromatic heterocycles. The van der Waals surface area contributed by atoms with Gasteiger partial charge >= 0.3 is 6.09 Å². The number of alkyl carbamates (subject to hydrolysis) is 1. The molecule has 0 aromatic carbocycles. The van der Waals surface area contributed by atoms with E-state index in [4.69, 9.17) is 5.11 Å². The van der Waals surface area contributed by atoms with Gasteiger partial charge in [0.15, 0.2) is 0 Å². The molecule has 0 bridgehead atoms. The minimum absolute atomic E-state index is 0.0985. The smallest absolute Gasteiger partial charge is 0.407 e. The molecular formula is C4H7NO3. The van der Waals surface area contributed by atoms with Crippen LogP contribution in [0.2, 0.25) is 0 Å². The first-order valence-corrected chi connectivity index (χ1v) is 2.38. The number of nitrogens with one attached hydrogen (secondary N) is 1. The molecule has 1 atom stereocenters. The SMILES string of the molecule is O=C1NC[C@@H](CO)O1. The van der Waals surface area contributed by atoms with Gasteiger partial charge in [0.1, 0.15) is 6.10 Å². The second-order valence-electron chi connectivity index (χ2n) is 1.59. The van der Waals surface area contributed by atoms with Gasteiger partial charge in [-0.1, -0.05) is 0 Å². The first kappa shape index (κ1) is 5.37. The Morgan fingerprint density at radius 1 is 2.00 bits per heavy atom. The van der Waals surface area contributed by atoms with Crippen molar-refractivity contribution in [2.75, 3.05) is 13.2 Å². The van der Waals surface area contributed by atoms with Gasteiger partial charge in [-0.15, -0.1) is 0 Å². The van der Waals surface area contributed by atoms with Crippen LogP contribution in [0.5, 0.6) is 0 Å². The lowest BCUT2D eigenvalue weighted by atomic mass is 10.4. The van der Waals surface area contributed by atoms with Gasteiger partial charge in [-0.05, 0) is 0 Å². The molecule has 0 aromatic rings. The number of aliphatic hydroxyl groups excluding tert-OH is 1. The van der Waals surface area contributed by atoms with E-state index in [-0.39, 0.29) is 12.7 Å². The van der Waals surface area contributed by atoms with E-state index in [0.29, 0.717) is 6.54 Å². The van der Waals surface area contributed by atoms with Gasteiger partial charge in [-0.25, -0.2) is 4.79 Å². The zero-order chi connectivity index (χ0) is 5.98. The van der Waals surface area contributed by atoms with Crippen molar-refractivity contribution in [2.45, 2.75) is 6.10 Å². The van der Waals surface area contributed by atoms with Crippen LogP contribution in [0, 0.1) is 0 Å². The zero-order valence-electron chi connectivity index (χ0n) is 4.26. The highest BCUT2D eigenvalue weighted by molar-refractivity contribution is 5.69. The molecule has 4 nitrogen and oxygen atoms in total. The van der Waals surface area contributed by atoms with E-state index in [1.54, 1.807) is 0 Å². The maximum Gasteiger partial charge on any atom is 0.407 e. The van der Waals surface area contributed by atoms with Gasteiger partial charge < -0.3 is 15.2 Å². The number of amides is 1. The summed E-state index contributed by atoms with van der Waals surface area (Å²) >= 11 is 0. The zero-order valence-corrected chi connectivity index (χ0v) is 4.26. The van der Waals surface area contributed by atoms with E-state index >= 15 is 0 Å². The molecule has 1 saturated heterocycles. The molecule has 1 rings (SSSR count). The molecule has 2 N–H and O–H groups in total. The second-order valence-corrected chi connectivity index (χ2v) is 1.59. The number of carbonyl (C=O) groups is 1. The molecule has 0 radical (unpaired) electrons. The molecule has 8 heavy (non-hydrogen) atoms. The lowest BCUT2D eigenvalue weighted by Crippen LogP contribution is -2.17. The number of rotatable bonds is 1. The Morgan fingerprint density at radius 2 is 2.75 bits per heavy atom. The molecule has 0 aliphatic carbocycles. The Labute approximate surface area is 46.4 Å². The number of aliphatic hydroxyl groups is 1. The summed E-state index contributed by atoms with van der Waals surface area (Å²) in [4.78, 5) is 10.2. The summed E-state index contributed by atoms with van der Waals surface area (Å²) in [5, 5.41) is 10.8. The van der Waals surface area contributed by atoms with E-state index in [1.165, 1.54) is 0 Å². The summed E-state index contributed by atoms with van der Waals surface area (Å²) in [6.07, 6.45) is -0.772. The molecule has 0 spiro atoms. The molecule has 1 fully saturated rings. The van der Waals surface area contributed by atoms with Crippen molar-refractivity contribution in [1.82, 2.24) is 5.32 Å². The predicted octanol–water partition coefficient (Wildman–Crippen LogP) is -0.913. The minimum Gasteiger partial charge on any atom is -0.442 e. The topological polar surface area (TPSA) is 58.6 Å². The van der Waals surface area contributed by atoms with Crippen LogP contribution in [-0.4, -0.2) is 30.5 Å². The Balaban J connectivity index is 2.32. The maximum absolute atomic E-state index is 10.2. The molecule has 1 amide bonds. The number of ether oxygens (including phenoxy) is 1. The number of cyclic esters (lactones) is 1. The Kier molecular flexibility index (Phi) is 1.34. The summed E-state index contributed by atoms with van der Waals surface area (Å²) in [7, 11) is 0. The first-order chi connectivity index (χ1) is 3.83. The summed E-state index contributed by atoms with van der Waals surface area (Å²) in [5.74, 6) is 0. The van der Waals surface area contributed by atoms with Crippen molar-refractivity contribution in [2.24, 2.45) is 0 Å². The molecule has 4 heteroatoms. The quantitative estimate of drug-likeness (QED) is 0.467.